The van der Waals surface area contributed by atoms with Crippen molar-refractivity contribution in [2.24, 2.45) is 0 Å². The summed E-state index contributed by atoms with van der Waals surface area (Å²) in [7, 11) is 1.38. The largest absolute Gasteiger partial charge is 0.494 e. The number of nitrogens with one attached hydrogen (secondary N) is 1. The maximum Gasteiger partial charge on any atom is 0.260 e. The van der Waals surface area contributed by atoms with E-state index in [1.807, 2.05) is 0 Å². The van der Waals surface area contributed by atoms with Crippen LogP contribution >= 0.6 is 0 Å². The predicted octanol–water partition coefficient (Wildman–Crippen LogP) is 2.63. The molecule has 0 unspecified atom stereocenters. The number of carbonyl (C=O) groups is 3. The summed E-state index contributed by atoms with van der Waals surface area (Å²) in [5, 5.41) is 2.75. The molecule has 0 bridgehead atoms. The summed E-state index contributed by atoms with van der Waals surface area (Å²) in [4.78, 5) is 38.1. The molecule has 1 atom stereocenters. The van der Waals surface area contributed by atoms with Gasteiger partial charge in [0, 0.05) is 18.5 Å². The normalized spacial score (nSPS) is 14.5. The summed E-state index contributed by atoms with van der Waals surface area (Å²) in [6.45, 7) is 1.73. The molecule has 0 fully saturated rings. The highest BCUT2D eigenvalue weighted by atomic mass is 19.1. The van der Waals surface area contributed by atoms with Gasteiger partial charge in [-0.05, 0) is 36.2 Å². The Balaban J connectivity index is 1.59. The summed E-state index contributed by atoms with van der Waals surface area (Å²) < 4.78 is 18.7. The number of imide groups is 1. The SMILES string of the molecule is COc1ccc([C@H](C)NC(=O)CCN2C(=O)Cc3ccccc3C2=O)cc1F. The van der Waals surface area contributed by atoms with Gasteiger partial charge in [-0.15, -0.1) is 0 Å². The van der Waals surface area contributed by atoms with Crippen LogP contribution in [0.5, 0.6) is 5.75 Å². The second kappa shape index (κ2) is 8.21. The van der Waals surface area contributed by atoms with Crippen molar-refractivity contribution in [2.45, 2.75) is 25.8 Å². The van der Waals surface area contributed by atoms with Crippen molar-refractivity contribution >= 4 is 17.7 Å². The summed E-state index contributed by atoms with van der Waals surface area (Å²) in [5.41, 5.74) is 1.78. The third kappa shape index (κ3) is 4.03. The van der Waals surface area contributed by atoms with E-state index in [9.17, 15) is 18.8 Å². The van der Waals surface area contributed by atoms with E-state index in [4.69, 9.17) is 4.74 Å². The molecular formula is C21H21FN2O4. The van der Waals surface area contributed by atoms with Crippen molar-refractivity contribution in [3.63, 3.8) is 0 Å². The Morgan fingerprint density at radius 3 is 2.71 bits per heavy atom. The third-order valence-corrected chi connectivity index (χ3v) is 4.75. The lowest BCUT2D eigenvalue weighted by Gasteiger charge is -2.26. The van der Waals surface area contributed by atoms with Gasteiger partial charge in [-0.2, -0.15) is 0 Å². The standard InChI is InChI=1S/C21H21FN2O4/c1-13(14-7-8-18(28-2)17(22)11-14)23-19(25)9-10-24-20(26)12-15-5-3-4-6-16(15)21(24)27/h3-8,11,13H,9-10,12H2,1-2H3,(H,23,25)/t13-/m0/s1. The summed E-state index contributed by atoms with van der Waals surface area (Å²) in [5.74, 6) is -1.41. The van der Waals surface area contributed by atoms with Gasteiger partial charge in [0.25, 0.3) is 5.91 Å². The van der Waals surface area contributed by atoms with Gasteiger partial charge in [-0.1, -0.05) is 24.3 Å². The zero-order valence-electron chi connectivity index (χ0n) is 15.7. The van der Waals surface area contributed by atoms with E-state index < -0.39 is 11.9 Å². The molecule has 2 aromatic carbocycles. The lowest BCUT2D eigenvalue weighted by atomic mass is 9.98. The third-order valence-electron chi connectivity index (χ3n) is 4.75. The van der Waals surface area contributed by atoms with E-state index in [0.717, 1.165) is 4.90 Å². The Kier molecular flexibility index (Phi) is 5.73. The first kappa shape index (κ1) is 19.5. The predicted molar refractivity (Wildman–Crippen MR) is 100 cm³/mol. The van der Waals surface area contributed by atoms with Crippen molar-refractivity contribution in [1.29, 1.82) is 0 Å². The highest BCUT2D eigenvalue weighted by Crippen LogP contribution is 2.22. The zero-order valence-corrected chi connectivity index (χ0v) is 15.7. The highest BCUT2D eigenvalue weighted by Gasteiger charge is 2.30. The van der Waals surface area contributed by atoms with Crippen LogP contribution in [0.1, 0.15) is 40.9 Å². The molecule has 1 N–H and O–H groups in total. The smallest absolute Gasteiger partial charge is 0.260 e. The number of carbonyl (C=O) groups excluding carboxylic acids is 3. The Morgan fingerprint density at radius 2 is 2.00 bits per heavy atom. The molecule has 3 rings (SSSR count). The van der Waals surface area contributed by atoms with Gasteiger partial charge in [-0.3, -0.25) is 19.3 Å². The number of fused-ring (bicyclic) bond motifs is 1. The molecule has 0 spiro atoms. The van der Waals surface area contributed by atoms with Crippen molar-refractivity contribution in [1.82, 2.24) is 10.2 Å². The van der Waals surface area contributed by atoms with Crippen LogP contribution in [0.4, 0.5) is 4.39 Å². The van der Waals surface area contributed by atoms with Gasteiger partial charge < -0.3 is 10.1 Å². The molecule has 146 valence electrons. The van der Waals surface area contributed by atoms with Gasteiger partial charge in [0.2, 0.25) is 11.8 Å². The first-order valence-electron chi connectivity index (χ1n) is 8.96. The van der Waals surface area contributed by atoms with E-state index in [1.54, 1.807) is 37.3 Å². The number of amides is 3. The Hall–Kier alpha value is -3.22. The average molecular weight is 384 g/mol. The van der Waals surface area contributed by atoms with E-state index in [2.05, 4.69) is 5.32 Å². The number of hydrogen-bond acceptors (Lipinski definition) is 4. The van der Waals surface area contributed by atoms with Crippen LogP contribution in [0.3, 0.4) is 0 Å². The average Bonchev–Trinajstić information content (AvgIpc) is 2.67. The number of ether oxygens (including phenoxy) is 1. The molecule has 28 heavy (non-hydrogen) atoms. The highest BCUT2D eigenvalue weighted by molar-refractivity contribution is 6.09. The zero-order chi connectivity index (χ0) is 20.3. The van der Waals surface area contributed by atoms with Gasteiger partial charge in [0.1, 0.15) is 0 Å². The summed E-state index contributed by atoms with van der Waals surface area (Å²) in [6.07, 6.45) is 0.119. The lowest BCUT2D eigenvalue weighted by molar-refractivity contribution is -0.129. The molecule has 3 amide bonds. The van der Waals surface area contributed by atoms with E-state index in [1.165, 1.54) is 19.2 Å². The number of nitrogens with zero attached hydrogens (tertiary/aromatic N) is 1. The number of hydrogen-bond donors (Lipinski definition) is 1. The van der Waals surface area contributed by atoms with Crippen molar-refractivity contribution in [3.8, 4) is 5.75 Å². The fourth-order valence-electron chi connectivity index (χ4n) is 3.19. The number of methoxy groups -OCH3 is 1. The van der Waals surface area contributed by atoms with Gasteiger partial charge >= 0.3 is 0 Å². The topological polar surface area (TPSA) is 75.7 Å². The Labute approximate surface area is 162 Å². The van der Waals surface area contributed by atoms with Crippen LogP contribution in [0, 0.1) is 5.82 Å². The molecule has 0 radical (unpaired) electrons. The second-order valence-corrected chi connectivity index (χ2v) is 6.62. The van der Waals surface area contributed by atoms with Crippen LogP contribution in [-0.4, -0.2) is 36.3 Å². The molecule has 1 aliphatic rings. The Morgan fingerprint density at radius 1 is 1.25 bits per heavy atom. The van der Waals surface area contributed by atoms with Gasteiger partial charge in [0.15, 0.2) is 11.6 Å². The molecule has 0 aliphatic carbocycles. The van der Waals surface area contributed by atoms with E-state index in [-0.39, 0.29) is 42.9 Å². The van der Waals surface area contributed by atoms with Crippen LogP contribution in [0.25, 0.3) is 0 Å². The Bertz CT molecular complexity index is 928. The van der Waals surface area contributed by atoms with Crippen molar-refractivity contribution < 1.29 is 23.5 Å². The molecule has 0 saturated heterocycles. The summed E-state index contributed by atoms with van der Waals surface area (Å²) >= 11 is 0. The minimum absolute atomic E-state index is 0.00152. The lowest BCUT2D eigenvalue weighted by Crippen LogP contribution is -2.44. The first-order valence-corrected chi connectivity index (χ1v) is 8.96. The quantitative estimate of drug-likeness (QED) is 0.777. The maximum absolute atomic E-state index is 13.8. The number of halogens is 1. The van der Waals surface area contributed by atoms with E-state index in [0.29, 0.717) is 16.7 Å². The van der Waals surface area contributed by atoms with Crippen molar-refractivity contribution in [2.75, 3.05) is 13.7 Å². The van der Waals surface area contributed by atoms with Crippen LogP contribution in [0.15, 0.2) is 42.5 Å². The van der Waals surface area contributed by atoms with Crippen LogP contribution in [0.2, 0.25) is 0 Å². The number of benzene rings is 2. The monoisotopic (exact) mass is 384 g/mol. The van der Waals surface area contributed by atoms with Gasteiger partial charge in [0.05, 0.1) is 19.6 Å². The minimum atomic E-state index is -0.510. The van der Waals surface area contributed by atoms with Crippen LogP contribution in [-0.2, 0) is 16.0 Å². The fraction of sp³-hybridized carbons (Fsp3) is 0.286. The van der Waals surface area contributed by atoms with Gasteiger partial charge in [-0.25, -0.2) is 4.39 Å². The molecule has 1 heterocycles. The molecule has 0 aromatic heterocycles. The second-order valence-electron chi connectivity index (χ2n) is 6.62. The molecule has 1 aliphatic heterocycles. The molecule has 2 aromatic rings. The summed E-state index contributed by atoms with van der Waals surface area (Å²) in [6, 6.07) is 11.0. The fourth-order valence-corrected chi connectivity index (χ4v) is 3.19. The van der Waals surface area contributed by atoms with Crippen molar-refractivity contribution in [3.05, 3.63) is 65.0 Å². The molecule has 0 saturated carbocycles. The van der Waals surface area contributed by atoms with Crippen LogP contribution < -0.4 is 10.1 Å². The molecule has 6 nitrogen and oxygen atoms in total. The molecule has 7 heteroatoms. The maximum atomic E-state index is 13.8. The van der Waals surface area contributed by atoms with E-state index >= 15 is 0 Å². The first-order chi connectivity index (χ1) is 13.4. The minimum Gasteiger partial charge on any atom is -0.494 e. The molecular weight excluding hydrogens is 363 g/mol. The number of rotatable bonds is 6.